The fourth-order valence-electron chi connectivity index (χ4n) is 3.31. The minimum Gasteiger partial charge on any atom is -0.508 e. The lowest BCUT2D eigenvalue weighted by atomic mass is 9.94. The van der Waals surface area contributed by atoms with Crippen molar-refractivity contribution in [3.05, 3.63) is 29.8 Å². The van der Waals surface area contributed by atoms with Crippen LogP contribution in [0.25, 0.3) is 0 Å². The number of aryl methyl sites for hydroxylation is 1. The molecule has 0 spiro atoms. The first-order valence-corrected chi connectivity index (χ1v) is 7.40. The van der Waals surface area contributed by atoms with Gasteiger partial charge in [-0.1, -0.05) is 12.1 Å². The minimum absolute atomic E-state index is 0.342. The molecule has 19 heavy (non-hydrogen) atoms. The minimum atomic E-state index is 0.342. The summed E-state index contributed by atoms with van der Waals surface area (Å²) in [7, 11) is 0. The Morgan fingerprint density at radius 2 is 2.11 bits per heavy atom. The van der Waals surface area contributed by atoms with Gasteiger partial charge < -0.3 is 15.2 Å². The second-order valence-electron chi connectivity index (χ2n) is 5.99. The van der Waals surface area contributed by atoms with E-state index in [1.54, 1.807) is 12.1 Å². The molecule has 4 unspecified atom stereocenters. The first-order valence-electron chi connectivity index (χ1n) is 7.40. The molecule has 0 saturated carbocycles. The molecule has 2 aliphatic rings. The Bertz CT molecular complexity index is 417. The largest absolute Gasteiger partial charge is 0.508 e. The highest BCUT2D eigenvalue weighted by Gasteiger charge is 2.40. The van der Waals surface area contributed by atoms with E-state index in [0.29, 0.717) is 30.0 Å². The highest BCUT2D eigenvalue weighted by Crippen LogP contribution is 2.34. The Balaban J connectivity index is 1.44. The van der Waals surface area contributed by atoms with Gasteiger partial charge in [-0.2, -0.15) is 0 Å². The topological polar surface area (TPSA) is 41.5 Å². The molecular formula is C16H23NO2. The Kier molecular flexibility index (Phi) is 3.76. The van der Waals surface area contributed by atoms with Crippen molar-refractivity contribution >= 4 is 0 Å². The zero-order valence-corrected chi connectivity index (χ0v) is 11.5. The van der Waals surface area contributed by atoms with E-state index < -0.39 is 0 Å². The number of aromatic hydroxyl groups is 1. The standard InChI is InChI=1S/C16H23NO2/c1-11(2-3-12-4-6-13(18)7-5-12)17-15-10-14-8-9-16(15)19-14/h4-7,11,14-18H,2-3,8-10H2,1H3. The number of hydrogen-bond donors (Lipinski definition) is 2. The van der Waals surface area contributed by atoms with Gasteiger partial charge >= 0.3 is 0 Å². The van der Waals surface area contributed by atoms with Crippen LogP contribution >= 0.6 is 0 Å². The Labute approximate surface area is 115 Å². The summed E-state index contributed by atoms with van der Waals surface area (Å²) in [5.41, 5.74) is 1.29. The van der Waals surface area contributed by atoms with Gasteiger partial charge in [-0.25, -0.2) is 0 Å². The van der Waals surface area contributed by atoms with Crippen molar-refractivity contribution < 1.29 is 9.84 Å². The molecule has 2 saturated heterocycles. The molecule has 2 aliphatic heterocycles. The van der Waals surface area contributed by atoms with Gasteiger partial charge in [0.25, 0.3) is 0 Å². The highest BCUT2D eigenvalue weighted by atomic mass is 16.5. The van der Waals surface area contributed by atoms with Gasteiger partial charge in [0.05, 0.1) is 12.2 Å². The van der Waals surface area contributed by atoms with Crippen LogP contribution in [0.1, 0.15) is 38.2 Å². The monoisotopic (exact) mass is 261 g/mol. The maximum absolute atomic E-state index is 9.26. The first-order chi connectivity index (χ1) is 9.20. The van der Waals surface area contributed by atoms with Gasteiger partial charge in [0.2, 0.25) is 0 Å². The second kappa shape index (κ2) is 5.51. The molecule has 104 valence electrons. The van der Waals surface area contributed by atoms with Crippen molar-refractivity contribution in [1.82, 2.24) is 5.32 Å². The van der Waals surface area contributed by atoms with Gasteiger partial charge in [0.1, 0.15) is 5.75 Å². The third kappa shape index (κ3) is 3.10. The number of rotatable bonds is 5. The van der Waals surface area contributed by atoms with Crippen molar-refractivity contribution in [2.45, 2.75) is 63.3 Å². The normalized spacial score (nSPS) is 30.7. The van der Waals surface area contributed by atoms with Crippen molar-refractivity contribution in [2.24, 2.45) is 0 Å². The van der Waals surface area contributed by atoms with Gasteiger partial charge in [-0.15, -0.1) is 0 Å². The van der Waals surface area contributed by atoms with E-state index in [0.717, 1.165) is 12.8 Å². The summed E-state index contributed by atoms with van der Waals surface area (Å²) < 4.78 is 5.87. The molecule has 3 rings (SSSR count). The molecule has 3 nitrogen and oxygen atoms in total. The lowest BCUT2D eigenvalue weighted by Crippen LogP contribution is -2.42. The van der Waals surface area contributed by atoms with Crippen LogP contribution in [-0.4, -0.2) is 29.4 Å². The van der Waals surface area contributed by atoms with Crippen LogP contribution < -0.4 is 5.32 Å². The summed E-state index contributed by atoms with van der Waals surface area (Å²) in [6, 6.07) is 8.61. The number of hydrogen-bond acceptors (Lipinski definition) is 3. The summed E-state index contributed by atoms with van der Waals surface area (Å²) in [6.07, 6.45) is 6.83. The predicted molar refractivity (Wildman–Crippen MR) is 75.3 cm³/mol. The van der Waals surface area contributed by atoms with Crippen LogP contribution in [0.2, 0.25) is 0 Å². The molecule has 0 aliphatic carbocycles. The molecule has 0 amide bonds. The maximum Gasteiger partial charge on any atom is 0.115 e. The number of nitrogens with one attached hydrogen (secondary N) is 1. The number of phenolic OH excluding ortho intramolecular Hbond substituents is 1. The average Bonchev–Trinajstić information content (AvgIpc) is 3.00. The van der Waals surface area contributed by atoms with Crippen LogP contribution in [-0.2, 0) is 11.2 Å². The van der Waals surface area contributed by atoms with E-state index in [1.807, 2.05) is 12.1 Å². The second-order valence-corrected chi connectivity index (χ2v) is 5.99. The van der Waals surface area contributed by atoms with Crippen LogP contribution in [0.5, 0.6) is 5.75 Å². The first kappa shape index (κ1) is 12.9. The smallest absolute Gasteiger partial charge is 0.115 e. The molecule has 2 N–H and O–H groups in total. The van der Waals surface area contributed by atoms with Crippen molar-refractivity contribution in [3.8, 4) is 5.75 Å². The van der Waals surface area contributed by atoms with Gasteiger partial charge in [0.15, 0.2) is 0 Å². The summed E-state index contributed by atoms with van der Waals surface area (Å²) in [5, 5.41) is 13.0. The van der Waals surface area contributed by atoms with Crippen LogP contribution in [0.4, 0.5) is 0 Å². The summed E-state index contributed by atoms with van der Waals surface area (Å²) in [6.45, 7) is 2.26. The molecule has 2 heterocycles. The molecule has 4 atom stereocenters. The summed E-state index contributed by atoms with van der Waals surface area (Å²) in [4.78, 5) is 0. The summed E-state index contributed by atoms with van der Waals surface area (Å²) in [5.74, 6) is 0.342. The summed E-state index contributed by atoms with van der Waals surface area (Å²) >= 11 is 0. The van der Waals surface area contributed by atoms with Crippen molar-refractivity contribution in [3.63, 3.8) is 0 Å². The van der Waals surface area contributed by atoms with E-state index in [2.05, 4.69) is 12.2 Å². The fraction of sp³-hybridized carbons (Fsp3) is 0.625. The molecule has 1 aromatic rings. The Hall–Kier alpha value is -1.06. The average molecular weight is 261 g/mol. The highest BCUT2D eigenvalue weighted by molar-refractivity contribution is 5.25. The molecule has 2 fully saturated rings. The predicted octanol–water partition coefficient (Wildman–Crippen LogP) is 2.62. The molecule has 1 aromatic carbocycles. The lowest BCUT2D eigenvalue weighted by molar-refractivity contribution is 0.0961. The molecule has 3 heteroatoms. The van der Waals surface area contributed by atoms with Gasteiger partial charge in [-0.05, 0) is 56.7 Å². The maximum atomic E-state index is 9.26. The third-order valence-electron chi connectivity index (χ3n) is 4.41. The number of benzene rings is 1. The van der Waals surface area contributed by atoms with E-state index in [1.165, 1.54) is 24.8 Å². The molecular weight excluding hydrogens is 238 g/mol. The third-order valence-corrected chi connectivity index (χ3v) is 4.41. The van der Waals surface area contributed by atoms with Crippen LogP contribution in [0, 0.1) is 0 Å². The quantitative estimate of drug-likeness (QED) is 0.856. The van der Waals surface area contributed by atoms with E-state index in [-0.39, 0.29) is 0 Å². The van der Waals surface area contributed by atoms with Gasteiger partial charge in [0, 0.05) is 12.1 Å². The SMILES string of the molecule is CC(CCc1ccc(O)cc1)NC1CC2CCC1O2. The molecule has 0 radical (unpaired) electrons. The zero-order valence-electron chi connectivity index (χ0n) is 11.5. The Morgan fingerprint density at radius 1 is 1.32 bits per heavy atom. The number of fused-ring (bicyclic) bond motifs is 2. The number of phenols is 1. The van der Waals surface area contributed by atoms with E-state index >= 15 is 0 Å². The lowest BCUT2D eigenvalue weighted by Gasteiger charge is -2.24. The van der Waals surface area contributed by atoms with Gasteiger partial charge in [-0.3, -0.25) is 0 Å². The fourth-order valence-corrected chi connectivity index (χ4v) is 3.31. The van der Waals surface area contributed by atoms with E-state index in [4.69, 9.17) is 4.74 Å². The van der Waals surface area contributed by atoms with Crippen molar-refractivity contribution in [1.29, 1.82) is 0 Å². The molecule has 0 aromatic heterocycles. The zero-order chi connectivity index (χ0) is 13.2. The number of ether oxygens (including phenoxy) is 1. The Morgan fingerprint density at radius 3 is 2.74 bits per heavy atom. The van der Waals surface area contributed by atoms with Crippen molar-refractivity contribution in [2.75, 3.05) is 0 Å². The molecule has 2 bridgehead atoms. The van der Waals surface area contributed by atoms with E-state index in [9.17, 15) is 5.11 Å². The van der Waals surface area contributed by atoms with Crippen LogP contribution in [0.3, 0.4) is 0 Å². The van der Waals surface area contributed by atoms with Crippen LogP contribution in [0.15, 0.2) is 24.3 Å².